The number of nitrogens with one attached hydrogen (secondary N) is 2. The van der Waals surface area contributed by atoms with E-state index in [1.165, 1.54) is 12.1 Å². The van der Waals surface area contributed by atoms with Gasteiger partial charge >= 0.3 is 0 Å². The first-order valence-electron chi connectivity index (χ1n) is 5.15. The Labute approximate surface area is 102 Å². The molecule has 0 saturated heterocycles. The minimum absolute atomic E-state index is 0.107. The molecule has 1 unspecified atom stereocenters. The third kappa shape index (κ3) is 2.76. The molecule has 0 aliphatic heterocycles. The first kappa shape index (κ1) is 11.9. The SMILES string of the molecule is CC(Cc1nc(=S)[nH][nH]1)c1ccc(F)cc1F. The predicted molar refractivity (Wildman–Crippen MR) is 62.2 cm³/mol. The number of aromatic amines is 2. The molecular weight excluding hydrogens is 244 g/mol. The van der Waals surface area contributed by atoms with Crippen molar-refractivity contribution < 1.29 is 8.78 Å². The van der Waals surface area contributed by atoms with Crippen LogP contribution in [-0.2, 0) is 6.42 Å². The van der Waals surface area contributed by atoms with E-state index in [2.05, 4.69) is 15.2 Å². The number of aromatic nitrogens is 3. The molecule has 0 amide bonds. The van der Waals surface area contributed by atoms with E-state index in [4.69, 9.17) is 12.2 Å². The number of halogens is 2. The lowest BCUT2D eigenvalue weighted by Crippen LogP contribution is -2.03. The maximum Gasteiger partial charge on any atom is 0.213 e. The molecule has 0 bridgehead atoms. The molecule has 1 atom stereocenters. The van der Waals surface area contributed by atoms with Crippen LogP contribution < -0.4 is 0 Å². The van der Waals surface area contributed by atoms with E-state index >= 15 is 0 Å². The van der Waals surface area contributed by atoms with Crippen molar-refractivity contribution in [2.75, 3.05) is 0 Å². The molecule has 2 aromatic rings. The zero-order valence-corrected chi connectivity index (χ0v) is 9.94. The fraction of sp³-hybridized carbons (Fsp3) is 0.273. The monoisotopic (exact) mass is 255 g/mol. The molecule has 3 nitrogen and oxygen atoms in total. The molecule has 1 aromatic heterocycles. The van der Waals surface area contributed by atoms with Crippen molar-refractivity contribution in [2.45, 2.75) is 19.3 Å². The fourth-order valence-electron chi connectivity index (χ4n) is 1.70. The molecule has 0 spiro atoms. The number of benzene rings is 1. The number of rotatable bonds is 3. The molecule has 17 heavy (non-hydrogen) atoms. The van der Waals surface area contributed by atoms with Gasteiger partial charge in [-0.05, 0) is 29.8 Å². The van der Waals surface area contributed by atoms with Crippen molar-refractivity contribution in [3.8, 4) is 0 Å². The number of H-pyrrole nitrogens is 2. The van der Waals surface area contributed by atoms with Gasteiger partial charge in [0.05, 0.1) is 0 Å². The average molecular weight is 255 g/mol. The van der Waals surface area contributed by atoms with Gasteiger partial charge in [-0.25, -0.2) is 13.8 Å². The summed E-state index contributed by atoms with van der Waals surface area (Å²) in [5.74, 6) is -0.556. The van der Waals surface area contributed by atoms with E-state index in [9.17, 15) is 8.78 Å². The molecular formula is C11H11F2N3S. The van der Waals surface area contributed by atoms with Gasteiger partial charge in [0.1, 0.15) is 17.5 Å². The van der Waals surface area contributed by atoms with E-state index in [1.807, 2.05) is 6.92 Å². The lowest BCUT2D eigenvalue weighted by atomic mass is 9.97. The van der Waals surface area contributed by atoms with Crippen LogP contribution in [0.25, 0.3) is 0 Å². The Hall–Kier alpha value is -1.56. The number of hydrogen-bond donors (Lipinski definition) is 2. The van der Waals surface area contributed by atoms with Crippen LogP contribution in [0.1, 0.15) is 24.2 Å². The van der Waals surface area contributed by atoms with Crippen LogP contribution in [-0.4, -0.2) is 15.2 Å². The Balaban J connectivity index is 2.19. The standard InChI is InChI=1S/C11H11F2N3S/c1-6(4-10-14-11(17)16-15-10)8-3-2-7(12)5-9(8)13/h2-3,5-6H,4H2,1H3,(H2,14,15,16,17). The molecule has 0 aliphatic rings. The van der Waals surface area contributed by atoms with Crippen molar-refractivity contribution in [1.29, 1.82) is 0 Å². The maximum atomic E-state index is 13.5. The van der Waals surface area contributed by atoms with E-state index in [0.29, 0.717) is 22.6 Å². The van der Waals surface area contributed by atoms with Crippen LogP contribution in [0.15, 0.2) is 18.2 Å². The Kier molecular flexibility index (Phi) is 3.33. The molecule has 0 saturated carbocycles. The lowest BCUT2D eigenvalue weighted by molar-refractivity contribution is 0.556. The van der Waals surface area contributed by atoms with Crippen LogP contribution in [0.4, 0.5) is 8.78 Å². The van der Waals surface area contributed by atoms with Crippen LogP contribution in [0, 0.1) is 16.4 Å². The second kappa shape index (κ2) is 4.75. The first-order valence-corrected chi connectivity index (χ1v) is 5.55. The minimum Gasteiger partial charge on any atom is -0.286 e. The summed E-state index contributed by atoms with van der Waals surface area (Å²) in [6.07, 6.45) is 0.510. The van der Waals surface area contributed by atoms with Gasteiger partial charge < -0.3 is 0 Å². The van der Waals surface area contributed by atoms with Crippen molar-refractivity contribution in [3.63, 3.8) is 0 Å². The second-order valence-corrected chi connectivity index (χ2v) is 4.27. The number of hydrogen-bond acceptors (Lipinski definition) is 2. The average Bonchev–Trinajstić information content (AvgIpc) is 2.63. The van der Waals surface area contributed by atoms with Crippen molar-refractivity contribution in [2.24, 2.45) is 0 Å². The topological polar surface area (TPSA) is 44.5 Å². The minimum atomic E-state index is -0.572. The summed E-state index contributed by atoms with van der Waals surface area (Å²) in [5, 5.41) is 5.47. The van der Waals surface area contributed by atoms with Crippen LogP contribution in [0.5, 0.6) is 0 Å². The second-order valence-electron chi connectivity index (χ2n) is 3.88. The zero-order valence-electron chi connectivity index (χ0n) is 9.13. The normalized spacial score (nSPS) is 12.6. The Morgan fingerprint density at radius 1 is 1.35 bits per heavy atom. The summed E-state index contributed by atoms with van der Waals surface area (Å²) in [6, 6.07) is 3.59. The molecule has 0 aliphatic carbocycles. The third-order valence-corrected chi connectivity index (χ3v) is 2.74. The van der Waals surface area contributed by atoms with Gasteiger partial charge in [-0.2, -0.15) is 0 Å². The van der Waals surface area contributed by atoms with Crippen LogP contribution in [0.3, 0.4) is 0 Å². The molecule has 6 heteroatoms. The van der Waals surface area contributed by atoms with Gasteiger partial charge in [-0.1, -0.05) is 13.0 Å². The van der Waals surface area contributed by atoms with Gasteiger partial charge in [0, 0.05) is 12.5 Å². The van der Waals surface area contributed by atoms with E-state index in [0.717, 1.165) is 6.07 Å². The zero-order chi connectivity index (χ0) is 12.4. The van der Waals surface area contributed by atoms with Crippen LogP contribution >= 0.6 is 12.2 Å². The highest BCUT2D eigenvalue weighted by Crippen LogP contribution is 2.22. The summed E-state index contributed by atoms with van der Waals surface area (Å²) in [4.78, 5) is 4.03. The summed E-state index contributed by atoms with van der Waals surface area (Å²) in [7, 11) is 0. The summed E-state index contributed by atoms with van der Waals surface area (Å²) < 4.78 is 26.6. The Morgan fingerprint density at radius 2 is 2.12 bits per heavy atom. The predicted octanol–water partition coefficient (Wildman–Crippen LogP) is 3.09. The van der Waals surface area contributed by atoms with Gasteiger partial charge in [0.25, 0.3) is 0 Å². The van der Waals surface area contributed by atoms with Crippen molar-refractivity contribution in [3.05, 3.63) is 46.0 Å². The molecule has 1 heterocycles. The van der Waals surface area contributed by atoms with Gasteiger partial charge in [-0.15, -0.1) is 0 Å². The smallest absolute Gasteiger partial charge is 0.213 e. The van der Waals surface area contributed by atoms with Crippen molar-refractivity contribution >= 4 is 12.2 Å². The molecule has 1 aromatic carbocycles. The highest BCUT2D eigenvalue weighted by atomic mass is 32.1. The summed E-state index contributed by atoms with van der Waals surface area (Å²) in [5.41, 5.74) is 0.466. The van der Waals surface area contributed by atoms with Gasteiger partial charge in [0.2, 0.25) is 4.77 Å². The van der Waals surface area contributed by atoms with E-state index in [-0.39, 0.29) is 5.92 Å². The van der Waals surface area contributed by atoms with Crippen molar-refractivity contribution in [1.82, 2.24) is 15.2 Å². The van der Waals surface area contributed by atoms with Gasteiger partial charge in [0.15, 0.2) is 0 Å². The van der Waals surface area contributed by atoms with Crippen LogP contribution in [0.2, 0.25) is 0 Å². The molecule has 90 valence electrons. The molecule has 0 radical (unpaired) electrons. The Morgan fingerprint density at radius 3 is 2.71 bits per heavy atom. The molecule has 2 N–H and O–H groups in total. The summed E-state index contributed by atoms with van der Waals surface area (Å²) >= 11 is 4.82. The molecule has 2 rings (SSSR count). The fourth-order valence-corrected chi connectivity index (χ4v) is 1.86. The first-order chi connectivity index (χ1) is 8.06. The third-order valence-electron chi connectivity index (χ3n) is 2.54. The lowest BCUT2D eigenvalue weighted by Gasteiger charge is -2.10. The summed E-state index contributed by atoms with van der Waals surface area (Å²) in [6.45, 7) is 1.85. The Bertz CT molecular complexity index is 576. The van der Waals surface area contributed by atoms with E-state index < -0.39 is 11.6 Å². The molecule has 0 fully saturated rings. The largest absolute Gasteiger partial charge is 0.286 e. The maximum absolute atomic E-state index is 13.5. The highest BCUT2D eigenvalue weighted by molar-refractivity contribution is 7.71. The van der Waals surface area contributed by atoms with Gasteiger partial charge in [-0.3, -0.25) is 10.2 Å². The quantitative estimate of drug-likeness (QED) is 0.828. The highest BCUT2D eigenvalue weighted by Gasteiger charge is 2.13. The van der Waals surface area contributed by atoms with E-state index in [1.54, 1.807) is 0 Å². The number of nitrogens with zero attached hydrogens (tertiary/aromatic N) is 1.